The number of anilines is 1. The first kappa shape index (κ1) is 12.3. The zero-order valence-corrected chi connectivity index (χ0v) is 10.7. The third-order valence-electron chi connectivity index (χ3n) is 2.64. The molecule has 3 nitrogen and oxygen atoms in total. The molecule has 0 atom stereocenters. The topological polar surface area (TPSA) is 37.3 Å². The Morgan fingerprint density at radius 3 is 2.61 bits per heavy atom. The average Bonchev–Trinajstić information content (AvgIpc) is 2.41. The van der Waals surface area contributed by atoms with Crippen LogP contribution in [-0.4, -0.2) is 17.2 Å². The van der Waals surface area contributed by atoms with E-state index in [2.05, 4.69) is 34.3 Å². The van der Waals surface area contributed by atoms with E-state index in [0.29, 0.717) is 0 Å². The third-order valence-corrected chi connectivity index (χ3v) is 2.64. The molecular formula is C15H17N3. The summed E-state index contributed by atoms with van der Waals surface area (Å²) in [4.78, 5) is 8.60. The smallest absolute Gasteiger partial charge is 0.0663 e. The number of benzene rings is 1. The molecule has 2 aromatic rings. The number of pyridine rings is 1. The number of aromatic nitrogens is 1. The maximum atomic E-state index is 4.61. The number of nitrogens with one attached hydrogen (secondary N) is 1. The number of hydrogen-bond donors (Lipinski definition) is 1. The minimum absolute atomic E-state index is 0.902. The van der Waals surface area contributed by atoms with Crippen molar-refractivity contribution in [2.75, 3.05) is 11.9 Å². The highest BCUT2D eigenvalue weighted by atomic mass is 14.9. The molecule has 1 aromatic heterocycles. The SMILES string of the molecule is CCNc1ccccc1C(C)=Nc1ccncc1. The van der Waals surface area contributed by atoms with Gasteiger partial charge in [0.25, 0.3) is 0 Å². The minimum atomic E-state index is 0.902. The summed E-state index contributed by atoms with van der Waals surface area (Å²) in [5, 5.41) is 3.35. The Balaban J connectivity index is 2.34. The van der Waals surface area contributed by atoms with Crippen molar-refractivity contribution < 1.29 is 0 Å². The van der Waals surface area contributed by atoms with Crippen molar-refractivity contribution in [3.63, 3.8) is 0 Å². The van der Waals surface area contributed by atoms with Gasteiger partial charge in [-0.25, -0.2) is 0 Å². The third kappa shape index (κ3) is 2.94. The van der Waals surface area contributed by atoms with Crippen molar-refractivity contribution in [2.24, 2.45) is 4.99 Å². The number of hydrogen-bond acceptors (Lipinski definition) is 3. The van der Waals surface area contributed by atoms with Gasteiger partial charge >= 0.3 is 0 Å². The van der Waals surface area contributed by atoms with E-state index >= 15 is 0 Å². The zero-order chi connectivity index (χ0) is 12.8. The van der Waals surface area contributed by atoms with Crippen LogP contribution in [0, 0.1) is 0 Å². The molecule has 0 unspecified atom stereocenters. The second kappa shape index (κ2) is 5.96. The van der Waals surface area contributed by atoms with Gasteiger partial charge in [0.2, 0.25) is 0 Å². The van der Waals surface area contributed by atoms with Crippen LogP contribution in [0.25, 0.3) is 0 Å². The summed E-state index contributed by atoms with van der Waals surface area (Å²) in [7, 11) is 0. The fraction of sp³-hybridized carbons (Fsp3) is 0.200. The molecule has 0 saturated heterocycles. The van der Waals surface area contributed by atoms with Gasteiger partial charge in [-0.3, -0.25) is 9.98 Å². The standard InChI is InChI=1S/C15H17N3/c1-3-17-15-7-5-4-6-14(15)12(2)18-13-8-10-16-11-9-13/h4-11,17H,3H2,1-2H3. The van der Waals surface area contributed by atoms with Crippen molar-refractivity contribution in [3.05, 3.63) is 54.4 Å². The van der Waals surface area contributed by atoms with Crippen LogP contribution in [0.5, 0.6) is 0 Å². The van der Waals surface area contributed by atoms with Gasteiger partial charge in [-0.05, 0) is 32.0 Å². The van der Waals surface area contributed by atoms with Crippen molar-refractivity contribution in [3.8, 4) is 0 Å². The molecule has 92 valence electrons. The first-order valence-corrected chi connectivity index (χ1v) is 6.10. The Morgan fingerprint density at radius 1 is 1.17 bits per heavy atom. The lowest BCUT2D eigenvalue weighted by atomic mass is 10.1. The van der Waals surface area contributed by atoms with Gasteiger partial charge in [0.15, 0.2) is 0 Å². The van der Waals surface area contributed by atoms with Crippen LogP contribution in [0.15, 0.2) is 53.8 Å². The molecule has 0 bridgehead atoms. The molecule has 0 spiro atoms. The molecule has 2 rings (SSSR count). The monoisotopic (exact) mass is 239 g/mol. The van der Waals surface area contributed by atoms with Crippen molar-refractivity contribution >= 4 is 17.1 Å². The molecule has 3 heteroatoms. The second-order valence-electron chi connectivity index (χ2n) is 3.98. The van der Waals surface area contributed by atoms with E-state index in [9.17, 15) is 0 Å². The van der Waals surface area contributed by atoms with E-state index in [-0.39, 0.29) is 0 Å². The lowest BCUT2D eigenvalue weighted by Crippen LogP contribution is -2.04. The molecule has 0 fully saturated rings. The Kier molecular flexibility index (Phi) is 4.07. The summed E-state index contributed by atoms with van der Waals surface area (Å²) < 4.78 is 0. The van der Waals surface area contributed by atoms with E-state index in [1.54, 1.807) is 12.4 Å². The molecule has 18 heavy (non-hydrogen) atoms. The van der Waals surface area contributed by atoms with Gasteiger partial charge in [0.05, 0.1) is 5.69 Å². The summed E-state index contributed by atoms with van der Waals surface area (Å²) in [6.07, 6.45) is 3.50. The second-order valence-corrected chi connectivity index (χ2v) is 3.98. The van der Waals surface area contributed by atoms with Gasteiger partial charge in [-0.1, -0.05) is 18.2 Å². The summed E-state index contributed by atoms with van der Waals surface area (Å²) in [5.74, 6) is 0. The number of para-hydroxylation sites is 1. The van der Waals surface area contributed by atoms with Gasteiger partial charge in [-0.15, -0.1) is 0 Å². The lowest BCUT2D eigenvalue weighted by molar-refractivity contribution is 1.21. The van der Waals surface area contributed by atoms with Crippen molar-refractivity contribution in [1.29, 1.82) is 0 Å². The fourth-order valence-electron chi connectivity index (χ4n) is 1.82. The highest BCUT2D eigenvalue weighted by molar-refractivity contribution is 6.04. The first-order valence-electron chi connectivity index (χ1n) is 6.10. The fourth-order valence-corrected chi connectivity index (χ4v) is 1.82. The zero-order valence-electron chi connectivity index (χ0n) is 10.7. The van der Waals surface area contributed by atoms with E-state index in [1.807, 2.05) is 31.2 Å². The highest BCUT2D eigenvalue weighted by Gasteiger charge is 2.03. The number of aliphatic imine (C=N–C) groups is 1. The van der Waals surface area contributed by atoms with E-state index in [1.165, 1.54) is 0 Å². The molecule has 0 aliphatic carbocycles. The summed E-state index contributed by atoms with van der Waals surface area (Å²) in [5.41, 5.74) is 4.18. The molecule has 0 saturated carbocycles. The van der Waals surface area contributed by atoms with Gasteiger partial charge < -0.3 is 5.32 Å². The van der Waals surface area contributed by atoms with E-state index in [4.69, 9.17) is 0 Å². The quantitative estimate of drug-likeness (QED) is 0.827. The van der Waals surface area contributed by atoms with Gasteiger partial charge in [-0.2, -0.15) is 0 Å². The van der Waals surface area contributed by atoms with Crippen LogP contribution in [0.3, 0.4) is 0 Å². The largest absolute Gasteiger partial charge is 0.385 e. The molecule has 0 aliphatic heterocycles. The average molecular weight is 239 g/mol. The van der Waals surface area contributed by atoms with Gasteiger partial charge in [0.1, 0.15) is 0 Å². The van der Waals surface area contributed by atoms with Crippen LogP contribution in [0.4, 0.5) is 11.4 Å². The Hall–Kier alpha value is -2.16. The molecule has 1 heterocycles. The lowest BCUT2D eigenvalue weighted by Gasteiger charge is -2.10. The number of rotatable bonds is 4. The van der Waals surface area contributed by atoms with Crippen molar-refractivity contribution in [2.45, 2.75) is 13.8 Å². The normalized spacial score (nSPS) is 11.3. The number of nitrogens with zero attached hydrogens (tertiary/aromatic N) is 2. The van der Waals surface area contributed by atoms with Crippen LogP contribution in [0.1, 0.15) is 19.4 Å². The van der Waals surface area contributed by atoms with E-state index in [0.717, 1.165) is 29.2 Å². The van der Waals surface area contributed by atoms with Crippen LogP contribution in [0.2, 0.25) is 0 Å². The minimum Gasteiger partial charge on any atom is -0.385 e. The Morgan fingerprint density at radius 2 is 1.89 bits per heavy atom. The molecule has 1 aromatic carbocycles. The van der Waals surface area contributed by atoms with Crippen LogP contribution in [-0.2, 0) is 0 Å². The Labute approximate surface area is 108 Å². The summed E-state index contributed by atoms with van der Waals surface area (Å²) >= 11 is 0. The predicted octanol–water partition coefficient (Wildman–Crippen LogP) is 3.65. The highest BCUT2D eigenvalue weighted by Crippen LogP contribution is 2.18. The molecule has 0 amide bonds. The molecular weight excluding hydrogens is 222 g/mol. The maximum Gasteiger partial charge on any atom is 0.0663 e. The Bertz CT molecular complexity index is 532. The van der Waals surface area contributed by atoms with Crippen LogP contribution < -0.4 is 5.32 Å². The molecule has 1 N–H and O–H groups in total. The van der Waals surface area contributed by atoms with Gasteiger partial charge in [0, 0.05) is 35.9 Å². The molecule has 0 radical (unpaired) electrons. The van der Waals surface area contributed by atoms with Crippen molar-refractivity contribution in [1.82, 2.24) is 4.98 Å². The predicted molar refractivity (Wildman–Crippen MR) is 76.7 cm³/mol. The maximum absolute atomic E-state index is 4.61. The summed E-state index contributed by atoms with van der Waals surface area (Å²) in [6, 6.07) is 12.0. The van der Waals surface area contributed by atoms with E-state index < -0.39 is 0 Å². The summed E-state index contributed by atoms with van der Waals surface area (Å²) in [6.45, 7) is 5.02. The first-order chi connectivity index (χ1) is 8.81. The van der Waals surface area contributed by atoms with Crippen LogP contribution >= 0.6 is 0 Å². The molecule has 0 aliphatic rings.